The van der Waals surface area contributed by atoms with Gasteiger partial charge in [0.1, 0.15) is 0 Å². The van der Waals surface area contributed by atoms with Crippen LogP contribution in [0.3, 0.4) is 0 Å². The van der Waals surface area contributed by atoms with Crippen LogP contribution in [0.5, 0.6) is 5.88 Å². The molecule has 1 aromatic heterocycles. The molecule has 10 heteroatoms. The molecular formula is C16H17F3N2O5. The summed E-state index contributed by atoms with van der Waals surface area (Å²) in [7, 11) is 1.43. The van der Waals surface area contributed by atoms with Crippen LogP contribution >= 0.6 is 0 Å². The summed E-state index contributed by atoms with van der Waals surface area (Å²) in [5.74, 6) is -0.389. The Morgan fingerprint density at radius 3 is 2.69 bits per heavy atom. The molecule has 142 valence electrons. The van der Waals surface area contributed by atoms with Crippen molar-refractivity contribution < 1.29 is 37.0 Å². The molecule has 1 amide bonds. The Bertz CT molecular complexity index is 718. The lowest BCUT2D eigenvalue weighted by atomic mass is 9.94. The van der Waals surface area contributed by atoms with E-state index in [1.54, 1.807) is 19.1 Å². The Kier molecular flexibility index (Phi) is 6.06. The molecule has 1 aliphatic rings. The normalized spacial score (nSPS) is 14.9. The zero-order chi connectivity index (χ0) is 19.3. The number of hydrogen-bond donors (Lipinski definition) is 0. The molecule has 2 rings (SSSR count). The van der Waals surface area contributed by atoms with Gasteiger partial charge in [0, 0.05) is 18.8 Å². The number of nitrogens with zero attached hydrogens (tertiary/aromatic N) is 2. The molecular weight excluding hydrogens is 357 g/mol. The average molecular weight is 374 g/mol. The fourth-order valence-corrected chi connectivity index (χ4v) is 2.52. The van der Waals surface area contributed by atoms with Gasteiger partial charge in [-0.05, 0) is 30.5 Å². The first-order valence-electron chi connectivity index (χ1n) is 7.69. The topological polar surface area (TPSA) is 78.0 Å². The van der Waals surface area contributed by atoms with Gasteiger partial charge in [-0.15, -0.1) is 13.2 Å². The predicted molar refractivity (Wildman–Crippen MR) is 83.1 cm³/mol. The van der Waals surface area contributed by atoms with E-state index in [1.807, 2.05) is 0 Å². The minimum Gasteiger partial charge on any atom is -0.481 e. The van der Waals surface area contributed by atoms with Crippen LogP contribution in [0, 0.1) is 0 Å². The van der Waals surface area contributed by atoms with Crippen LogP contribution in [-0.4, -0.2) is 55.1 Å². The van der Waals surface area contributed by atoms with E-state index in [0.717, 1.165) is 4.90 Å². The third kappa shape index (κ3) is 4.87. The zero-order valence-electron chi connectivity index (χ0n) is 14.1. The first kappa shape index (κ1) is 19.5. The number of hydrogen-bond acceptors (Lipinski definition) is 6. The lowest BCUT2D eigenvalue weighted by molar-refractivity contribution is -0.294. The summed E-state index contributed by atoms with van der Waals surface area (Å²) >= 11 is 0. The highest BCUT2D eigenvalue weighted by Crippen LogP contribution is 2.30. The molecule has 1 aliphatic heterocycles. The van der Waals surface area contributed by atoms with E-state index < -0.39 is 18.4 Å². The largest absolute Gasteiger partial charge is 0.576 e. The van der Waals surface area contributed by atoms with E-state index in [-0.39, 0.29) is 31.7 Å². The van der Waals surface area contributed by atoms with Crippen molar-refractivity contribution in [2.45, 2.75) is 19.7 Å². The summed E-state index contributed by atoms with van der Waals surface area (Å²) in [6.45, 7) is 1.29. The fourth-order valence-electron chi connectivity index (χ4n) is 2.52. The molecule has 0 atom stereocenters. The van der Waals surface area contributed by atoms with Crippen molar-refractivity contribution in [3.63, 3.8) is 0 Å². The summed E-state index contributed by atoms with van der Waals surface area (Å²) < 4.78 is 50.2. The minimum atomic E-state index is -5.09. The predicted octanol–water partition coefficient (Wildman–Crippen LogP) is 2.77. The average Bonchev–Trinajstić information content (AvgIpc) is 2.60. The highest BCUT2D eigenvalue weighted by molar-refractivity contribution is 5.99. The highest BCUT2D eigenvalue weighted by Gasteiger charge is 2.38. The van der Waals surface area contributed by atoms with Crippen molar-refractivity contribution in [1.82, 2.24) is 9.88 Å². The number of alkyl halides is 3. The van der Waals surface area contributed by atoms with E-state index in [4.69, 9.17) is 9.47 Å². The molecule has 0 saturated carbocycles. The molecule has 2 heterocycles. The van der Waals surface area contributed by atoms with Crippen LogP contribution in [0.4, 0.5) is 18.0 Å². The van der Waals surface area contributed by atoms with E-state index in [9.17, 15) is 22.8 Å². The Morgan fingerprint density at radius 1 is 1.35 bits per heavy atom. The van der Waals surface area contributed by atoms with Gasteiger partial charge < -0.3 is 19.1 Å². The second-order valence-corrected chi connectivity index (χ2v) is 5.25. The second kappa shape index (κ2) is 8.07. The van der Waals surface area contributed by atoms with Crippen LogP contribution in [0.2, 0.25) is 0 Å². The molecule has 0 bridgehead atoms. The Balaban J connectivity index is 2.34. The summed E-state index contributed by atoms with van der Waals surface area (Å²) in [5, 5.41) is 0. The van der Waals surface area contributed by atoms with Crippen LogP contribution in [0.15, 0.2) is 23.9 Å². The van der Waals surface area contributed by atoms with Gasteiger partial charge in [0.05, 0.1) is 25.8 Å². The van der Waals surface area contributed by atoms with Crippen LogP contribution in [-0.2, 0) is 14.3 Å². The maximum atomic E-state index is 12.3. The Morgan fingerprint density at radius 2 is 2.08 bits per heavy atom. The Hall–Kier alpha value is -2.78. The second-order valence-electron chi connectivity index (χ2n) is 5.25. The van der Waals surface area contributed by atoms with Gasteiger partial charge in [-0.25, -0.2) is 14.6 Å². The highest BCUT2D eigenvalue weighted by atomic mass is 19.4. The van der Waals surface area contributed by atoms with Gasteiger partial charge in [-0.3, -0.25) is 0 Å². The number of halogens is 3. The number of ether oxygens (including phenoxy) is 3. The molecule has 0 unspecified atom stereocenters. The van der Waals surface area contributed by atoms with Gasteiger partial charge in [0.2, 0.25) is 5.88 Å². The van der Waals surface area contributed by atoms with Crippen LogP contribution < -0.4 is 4.74 Å². The Labute approximate surface area is 147 Å². The maximum absolute atomic E-state index is 12.3. The molecule has 0 saturated heterocycles. The van der Waals surface area contributed by atoms with Gasteiger partial charge in [-0.1, -0.05) is 0 Å². The van der Waals surface area contributed by atoms with Crippen LogP contribution in [0.1, 0.15) is 18.9 Å². The summed E-state index contributed by atoms with van der Waals surface area (Å²) in [5.41, 5.74) is 1.26. The lowest BCUT2D eigenvalue weighted by Crippen LogP contribution is -2.41. The van der Waals surface area contributed by atoms with Crippen molar-refractivity contribution in [2.75, 3.05) is 26.8 Å². The zero-order valence-corrected chi connectivity index (χ0v) is 14.1. The van der Waals surface area contributed by atoms with Gasteiger partial charge >= 0.3 is 18.4 Å². The van der Waals surface area contributed by atoms with Gasteiger partial charge in [0.15, 0.2) is 0 Å². The number of methoxy groups -OCH3 is 1. The smallest absolute Gasteiger partial charge is 0.481 e. The molecule has 0 N–H and O–H groups in total. The molecule has 0 spiro atoms. The quantitative estimate of drug-likeness (QED) is 0.755. The van der Waals surface area contributed by atoms with E-state index in [0.29, 0.717) is 17.0 Å². The molecule has 0 aromatic carbocycles. The molecule has 0 fully saturated rings. The van der Waals surface area contributed by atoms with Crippen molar-refractivity contribution in [3.05, 3.63) is 29.5 Å². The van der Waals surface area contributed by atoms with Crippen molar-refractivity contribution >= 4 is 17.6 Å². The molecule has 26 heavy (non-hydrogen) atoms. The SMILES string of the molecule is CCOC(=O)C1=C(c2ccnc(OC)c2)CCN(C(=O)OC(F)(F)F)C1. The lowest BCUT2D eigenvalue weighted by Gasteiger charge is -2.29. The molecule has 0 aliphatic carbocycles. The molecule has 7 nitrogen and oxygen atoms in total. The number of esters is 1. The number of rotatable bonds is 4. The minimum absolute atomic E-state index is 0.0439. The first-order chi connectivity index (χ1) is 12.2. The first-order valence-corrected chi connectivity index (χ1v) is 7.69. The van der Waals surface area contributed by atoms with Crippen LogP contribution in [0.25, 0.3) is 5.57 Å². The standard InChI is InChI=1S/C16H17F3N2O5/c1-3-25-14(22)12-9-21(15(23)26-16(17,18)19)7-5-11(12)10-4-6-20-13(8-10)24-2/h4,6,8H,3,5,7,9H2,1-2H3. The number of pyridine rings is 1. The van der Waals surface area contributed by atoms with E-state index in [2.05, 4.69) is 9.72 Å². The van der Waals surface area contributed by atoms with Crippen molar-refractivity contribution in [2.24, 2.45) is 0 Å². The number of carbonyl (C=O) groups is 2. The third-order valence-electron chi connectivity index (χ3n) is 3.62. The van der Waals surface area contributed by atoms with Crippen molar-refractivity contribution in [3.8, 4) is 5.88 Å². The van der Waals surface area contributed by atoms with Crippen molar-refractivity contribution in [1.29, 1.82) is 0 Å². The van der Waals surface area contributed by atoms with E-state index in [1.165, 1.54) is 13.3 Å². The van der Waals surface area contributed by atoms with Gasteiger partial charge in [0.25, 0.3) is 0 Å². The fraction of sp³-hybridized carbons (Fsp3) is 0.438. The van der Waals surface area contributed by atoms with Gasteiger partial charge in [-0.2, -0.15) is 0 Å². The van der Waals surface area contributed by atoms with E-state index >= 15 is 0 Å². The number of aromatic nitrogens is 1. The molecule has 0 radical (unpaired) electrons. The third-order valence-corrected chi connectivity index (χ3v) is 3.62. The maximum Gasteiger partial charge on any atom is 0.576 e. The number of carbonyl (C=O) groups excluding carboxylic acids is 2. The monoisotopic (exact) mass is 374 g/mol. The summed E-state index contributed by atoms with van der Waals surface area (Å²) in [4.78, 5) is 28.7. The summed E-state index contributed by atoms with van der Waals surface area (Å²) in [6.07, 6.45) is -5.03. The number of amides is 1. The summed E-state index contributed by atoms with van der Waals surface area (Å²) in [6, 6.07) is 3.24. The molecule has 1 aromatic rings.